The maximum atomic E-state index is 5.88. The Hall–Kier alpha value is -1.75. The maximum absolute atomic E-state index is 5.88. The second kappa shape index (κ2) is 5.71. The van der Waals surface area contributed by atoms with Crippen LogP contribution in [0.15, 0.2) is 63.9 Å². The molecule has 20 heavy (non-hydrogen) atoms. The molecule has 0 saturated carbocycles. The van der Waals surface area contributed by atoms with E-state index in [-0.39, 0.29) is 6.04 Å². The molecule has 3 aromatic rings. The molecule has 0 radical (unpaired) electrons. The zero-order valence-electron chi connectivity index (χ0n) is 11.2. The second-order valence-corrected chi connectivity index (χ2v) is 5.44. The number of nitrogens with one attached hydrogen (secondary N) is 1. The van der Waals surface area contributed by atoms with Gasteiger partial charge in [0.25, 0.3) is 0 Å². The van der Waals surface area contributed by atoms with Crippen molar-refractivity contribution in [3.05, 3.63) is 65.9 Å². The highest BCUT2D eigenvalue weighted by molar-refractivity contribution is 7.98. The molecule has 102 valence electrons. The topological polar surface area (TPSA) is 51.2 Å². The van der Waals surface area contributed by atoms with Crippen molar-refractivity contribution in [2.24, 2.45) is 5.84 Å². The number of nitrogens with two attached hydrogens (primary N) is 1. The van der Waals surface area contributed by atoms with Gasteiger partial charge < -0.3 is 4.42 Å². The number of fused-ring (bicyclic) bond motifs is 1. The first-order valence-corrected chi connectivity index (χ1v) is 7.63. The van der Waals surface area contributed by atoms with Crippen LogP contribution in [0.5, 0.6) is 0 Å². The summed E-state index contributed by atoms with van der Waals surface area (Å²) in [6.07, 6.45) is 2.06. The highest BCUT2D eigenvalue weighted by atomic mass is 32.2. The van der Waals surface area contributed by atoms with Gasteiger partial charge in [-0.2, -0.15) is 0 Å². The minimum atomic E-state index is -0.140. The van der Waals surface area contributed by atoms with E-state index in [0.717, 1.165) is 22.3 Å². The van der Waals surface area contributed by atoms with Crippen LogP contribution in [-0.2, 0) is 0 Å². The van der Waals surface area contributed by atoms with Gasteiger partial charge in [-0.05, 0) is 36.1 Å². The lowest BCUT2D eigenvalue weighted by Gasteiger charge is -2.14. The van der Waals surface area contributed by atoms with Crippen LogP contribution < -0.4 is 11.3 Å². The smallest absolute Gasteiger partial charge is 0.134 e. The molecule has 2 aromatic carbocycles. The summed E-state index contributed by atoms with van der Waals surface area (Å²) in [4.78, 5) is 1.23. The summed E-state index contributed by atoms with van der Waals surface area (Å²) in [5.41, 5.74) is 4.80. The fraction of sp³-hybridized carbons (Fsp3) is 0.125. The molecular weight excluding hydrogens is 268 g/mol. The molecular formula is C16H16N2OS. The molecule has 0 aliphatic rings. The Labute approximate surface area is 122 Å². The van der Waals surface area contributed by atoms with Crippen LogP contribution in [0.25, 0.3) is 11.0 Å². The Morgan fingerprint density at radius 2 is 1.85 bits per heavy atom. The van der Waals surface area contributed by atoms with E-state index in [1.807, 2.05) is 30.3 Å². The van der Waals surface area contributed by atoms with E-state index in [1.54, 1.807) is 11.8 Å². The number of thioether (sulfide) groups is 1. The van der Waals surface area contributed by atoms with Gasteiger partial charge in [0.2, 0.25) is 0 Å². The minimum Gasteiger partial charge on any atom is -0.459 e. The quantitative estimate of drug-likeness (QED) is 0.436. The summed E-state index contributed by atoms with van der Waals surface area (Å²) in [6.45, 7) is 0. The number of para-hydroxylation sites is 1. The number of furan rings is 1. The second-order valence-electron chi connectivity index (χ2n) is 4.56. The first-order chi connectivity index (χ1) is 9.81. The van der Waals surface area contributed by atoms with Gasteiger partial charge in [0.15, 0.2) is 0 Å². The molecule has 0 aliphatic heterocycles. The lowest BCUT2D eigenvalue weighted by atomic mass is 10.1. The van der Waals surface area contributed by atoms with E-state index in [1.165, 1.54) is 4.90 Å². The summed E-state index contributed by atoms with van der Waals surface area (Å²) in [6, 6.07) is 18.2. The van der Waals surface area contributed by atoms with Crippen molar-refractivity contribution < 1.29 is 4.42 Å². The van der Waals surface area contributed by atoms with E-state index in [0.29, 0.717) is 0 Å². The number of hydrazine groups is 1. The molecule has 3 N–H and O–H groups in total. The van der Waals surface area contributed by atoms with Crippen molar-refractivity contribution in [3.8, 4) is 0 Å². The van der Waals surface area contributed by atoms with Crippen LogP contribution in [-0.4, -0.2) is 6.26 Å². The predicted molar refractivity (Wildman–Crippen MR) is 83.6 cm³/mol. The van der Waals surface area contributed by atoms with E-state index >= 15 is 0 Å². The van der Waals surface area contributed by atoms with Gasteiger partial charge in [-0.15, -0.1) is 11.8 Å². The normalized spacial score (nSPS) is 12.7. The van der Waals surface area contributed by atoms with Gasteiger partial charge in [-0.1, -0.05) is 30.3 Å². The largest absolute Gasteiger partial charge is 0.459 e. The van der Waals surface area contributed by atoms with Gasteiger partial charge in [0.05, 0.1) is 0 Å². The third-order valence-electron chi connectivity index (χ3n) is 3.34. The predicted octanol–water partition coefficient (Wildman–Crippen LogP) is 3.71. The maximum Gasteiger partial charge on any atom is 0.134 e. The molecule has 3 nitrogen and oxygen atoms in total. The van der Waals surface area contributed by atoms with Gasteiger partial charge in [-0.3, -0.25) is 5.84 Å². The zero-order valence-corrected chi connectivity index (χ0v) is 12.0. The average molecular weight is 284 g/mol. The van der Waals surface area contributed by atoms with Crippen LogP contribution >= 0.6 is 11.8 Å². The molecule has 3 rings (SSSR count). The fourth-order valence-corrected chi connectivity index (χ4v) is 2.69. The minimum absolute atomic E-state index is 0.140. The Bertz CT molecular complexity index is 673. The van der Waals surface area contributed by atoms with Crippen molar-refractivity contribution in [2.75, 3.05) is 6.26 Å². The average Bonchev–Trinajstić information content (AvgIpc) is 2.92. The summed E-state index contributed by atoms with van der Waals surface area (Å²) >= 11 is 1.72. The number of hydrogen-bond donors (Lipinski definition) is 2. The van der Waals surface area contributed by atoms with Crippen LogP contribution in [0.4, 0.5) is 0 Å². The van der Waals surface area contributed by atoms with Crippen LogP contribution in [0.2, 0.25) is 0 Å². The van der Waals surface area contributed by atoms with E-state index in [4.69, 9.17) is 10.3 Å². The van der Waals surface area contributed by atoms with Crippen LogP contribution in [0.3, 0.4) is 0 Å². The van der Waals surface area contributed by atoms with Gasteiger partial charge in [0, 0.05) is 10.3 Å². The Morgan fingerprint density at radius 1 is 1.10 bits per heavy atom. The molecule has 0 bridgehead atoms. The standard InChI is InChI=1S/C16H16N2OS/c1-20-13-8-6-11(7-9-13)16(18-17)15-10-12-4-2-3-5-14(12)19-15/h2-10,16,18H,17H2,1H3. The third-order valence-corrected chi connectivity index (χ3v) is 4.09. The van der Waals surface area contributed by atoms with Crippen molar-refractivity contribution in [1.29, 1.82) is 0 Å². The monoisotopic (exact) mass is 284 g/mol. The zero-order chi connectivity index (χ0) is 13.9. The van der Waals surface area contributed by atoms with Gasteiger partial charge in [-0.25, -0.2) is 5.43 Å². The molecule has 0 fully saturated rings. The number of hydrogen-bond acceptors (Lipinski definition) is 4. The van der Waals surface area contributed by atoms with Crippen molar-refractivity contribution >= 4 is 22.7 Å². The van der Waals surface area contributed by atoms with Gasteiger partial charge >= 0.3 is 0 Å². The van der Waals surface area contributed by atoms with Gasteiger partial charge in [0.1, 0.15) is 17.4 Å². The lowest BCUT2D eigenvalue weighted by Crippen LogP contribution is -2.28. The Kier molecular flexibility index (Phi) is 3.78. The lowest BCUT2D eigenvalue weighted by molar-refractivity contribution is 0.477. The third kappa shape index (κ3) is 2.45. The molecule has 1 aromatic heterocycles. The highest BCUT2D eigenvalue weighted by Crippen LogP contribution is 2.28. The molecule has 1 heterocycles. The number of benzene rings is 2. The van der Waals surface area contributed by atoms with Crippen molar-refractivity contribution in [1.82, 2.24) is 5.43 Å². The van der Waals surface area contributed by atoms with Crippen molar-refractivity contribution in [2.45, 2.75) is 10.9 Å². The van der Waals surface area contributed by atoms with E-state index in [9.17, 15) is 0 Å². The molecule has 1 atom stereocenters. The summed E-state index contributed by atoms with van der Waals surface area (Å²) in [5.74, 6) is 6.54. The summed E-state index contributed by atoms with van der Waals surface area (Å²) in [7, 11) is 0. The first-order valence-electron chi connectivity index (χ1n) is 6.40. The fourth-order valence-electron chi connectivity index (χ4n) is 2.28. The summed E-state index contributed by atoms with van der Waals surface area (Å²) < 4.78 is 5.88. The summed E-state index contributed by atoms with van der Waals surface area (Å²) in [5, 5.41) is 1.09. The number of rotatable bonds is 4. The highest BCUT2D eigenvalue weighted by Gasteiger charge is 2.17. The van der Waals surface area contributed by atoms with Crippen molar-refractivity contribution in [3.63, 3.8) is 0 Å². The molecule has 0 aliphatic carbocycles. The first kappa shape index (κ1) is 13.2. The van der Waals surface area contributed by atoms with E-state index < -0.39 is 0 Å². The van der Waals surface area contributed by atoms with Crippen LogP contribution in [0, 0.1) is 0 Å². The Morgan fingerprint density at radius 3 is 2.50 bits per heavy atom. The molecule has 0 saturated heterocycles. The Balaban J connectivity index is 1.99. The SMILES string of the molecule is CSc1ccc(C(NN)c2cc3ccccc3o2)cc1. The molecule has 0 spiro atoms. The molecule has 1 unspecified atom stereocenters. The molecule has 4 heteroatoms. The molecule has 0 amide bonds. The van der Waals surface area contributed by atoms with Crippen LogP contribution in [0.1, 0.15) is 17.4 Å². The van der Waals surface area contributed by atoms with E-state index in [2.05, 4.69) is 35.9 Å².